The SMILES string of the molecule is Cc1cc(C=C[N+](=O)[O-])c(C)n1-c1cccnc1. The van der Waals surface area contributed by atoms with E-state index in [4.69, 9.17) is 0 Å². The molecule has 0 saturated carbocycles. The maximum absolute atomic E-state index is 10.3. The van der Waals surface area contributed by atoms with Crippen LogP contribution < -0.4 is 0 Å². The monoisotopic (exact) mass is 243 g/mol. The second-order valence-electron chi connectivity index (χ2n) is 3.97. The van der Waals surface area contributed by atoms with Crippen LogP contribution in [0.5, 0.6) is 0 Å². The largest absolute Gasteiger partial charge is 0.316 e. The number of hydrogen-bond acceptors (Lipinski definition) is 3. The van der Waals surface area contributed by atoms with Gasteiger partial charge in [0.25, 0.3) is 0 Å². The zero-order valence-electron chi connectivity index (χ0n) is 10.2. The molecule has 0 amide bonds. The lowest BCUT2D eigenvalue weighted by Gasteiger charge is -2.08. The summed E-state index contributed by atoms with van der Waals surface area (Å²) in [6.07, 6.45) is 5.94. The van der Waals surface area contributed by atoms with Gasteiger partial charge in [0.05, 0.1) is 16.8 Å². The zero-order valence-corrected chi connectivity index (χ0v) is 10.2. The predicted molar refractivity (Wildman–Crippen MR) is 69.1 cm³/mol. The summed E-state index contributed by atoms with van der Waals surface area (Å²) in [5.74, 6) is 0. The second-order valence-corrected chi connectivity index (χ2v) is 3.97. The summed E-state index contributed by atoms with van der Waals surface area (Å²) in [7, 11) is 0. The van der Waals surface area contributed by atoms with Gasteiger partial charge in [0.1, 0.15) is 0 Å². The van der Waals surface area contributed by atoms with Crippen LogP contribution in [0.4, 0.5) is 0 Å². The Kier molecular flexibility index (Phi) is 3.23. The molecule has 2 aromatic rings. The van der Waals surface area contributed by atoms with Crippen LogP contribution in [0.1, 0.15) is 17.0 Å². The van der Waals surface area contributed by atoms with Crippen molar-refractivity contribution in [1.29, 1.82) is 0 Å². The fourth-order valence-corrected chi connectivity index (χ4v) is 1.98. The molecule has 0 atom stereocenters. The molecule has 0 bridgehead atoms. The van der Waals surface area contributed by atoms with Crippen LogP contribution in [0.2, 0.25) is 0 Å². The summed E-state index contributed by atoms with van der Waals surface area (Å²) in [6, 6.07) is 5.73. The minimum Gasteiger partial charge on any atom is -0.316 e. The van der Waals surface area contributed by atoms with Crippen molar-refractivity contribution < 1.29 is 4.92 Å². The minimum absolute atomic E-state index is 0.462. The molecule has 0 saturated heterocycles. The maximum Gasteiger partial charge on any atom is 0.235 e. The molecule has 0 radical (unpaired) electrons. The Balaban J connectivity index is 2.48. The van der Waals surface area contributed by atoms with Crippen molar-refractivity contribution in [3.8, 4) is 5.69 Å². The van der Waals surface area contributed by atoms with Crippen LogP contribution >= 0.6 is 0 Å². The van der Waals surface area contributed by atoms with E-state index in [1.54, 1.807) is 12.4 Å². The molecule has 18 heavy (non-hydrogen) atoms. The Morgan fingerprint density at radius 3 is 2.83 bits per heavy atom. The second kappa shape index (κ2) is 4.83. The third kappa shape index (κ3) is 2.29. The summed E-state index contributed by atoms with van der Waals surface area (Å²) in [5, 5.41) is 10.3. The maximum atomic E-state index is 10.3. The molecule has 5 heteroatoms. The molecule has 5 nitrogen and oxygen atoms in total. The van der Waals surface area contributed by atoms with Gasteiger partial charge in [-0.2, -0.15) is 0 Å². The van der Waals surface area contributed by atoms with Gasteiger partial charge in [0.15, 0.2) is 0 Å². The van der Waals surface area contributed by atoms with Crippen LogP contribution in [0, 0.1) is 24.0 Å². The number of rotatable bonds is 3. The Bertz CT molecular complexity index is 600. The van der Waals surface area contributed by atoms with Crippen molar-refractivity contribution in [1.82, 2.24) is 9.55 Å². The first kappa shape index (κ1) is 12.0. The van der Waals surface area contributed by atoms with Crippen LogP contribution in [-0.2, 0) is 0 Å². The van der Waals surface area contributed by atoms with Crippen LogP contribution in [0.25, 0.3) is 11.8 Å². The number of aromatic nitrogens is 2. The van der Waals surface area contributed by atoms with Crippen molar-refractivity contribution in [3.05, 3.63) is 63.9 Å². The highest BCUT2D eigenvalue weighted by Crippen LogP contribution is 2.21. The minimum atomic E-state index is -0.462. The van der Waals surface area contributed by atoms with Gasteiger partial charge in [-0.25, -0.2) is 0 Å². The normalized spacial score (nSPS) is 11.0. The third-order valence-corrected chi connectivity index (χ3v) is 2.75. The lowest BCUT2D eigenvalue weighted by Crippen LogP contribution is -1.99. The van der Waals surface area contributed by atoms with Crippen molar-refractivity contribution in [2.75, 3.05) is 0 Å². The van der Waals surface area contributed by atoms with Crippen molar-refractivity contribution in [2.24, 2.45) is 0 Å². The number of hydrogen-bond donors (Lipinski definition) is 0. The molecule has 2 aromatic heterocycles. The van der Waals surface area contributed by atoms with Crippen LogP contribution in [0.3, 0.4) is 0 Å². The van der Waals surface area contributed by atoms with E-state index in [0.29, 0.717) is 0 Å². The topological polar surface area (TPSA) is 61.0 Å². The Labute approximate surface area is 105 Å². The van der Waals surface area contributed by atoms with Crippen molar-refractivity contribution >= 4 is 6.08 Å². The van der Waals surface area contributed by atoms with E-state index < -0.39 is 4.92 Å². The molecule has 0 aliphatic carbocycles. The highest BCUT2D eigenvalue weighted by molar-refractivity contribution is 5.55. The number of nitro groups is 1. The Morgan fingerprint density at radius 2 is 2.22 bits per heavy atom. The van der Waals surface area contributed by atoms with Gasteiger partial charge >= 0.3 is 0 Å². The highest BCUT2D eigenvalue weighted by atomic mass is 16.6. The Morgan fingerprint density at radius 1 is 1.44 bits per heavy atom. The number of nitrogens with zero attached hydrogens (tertiary/aromatic N) is 3. The summed E-state index contributed by atoms with van der Waals surface area (Å²) in [4.78, 5) is 14.0. The fraction of sp³-hybridized carbons (Fsp3) is 0.154. The van der Waals surface area contributed by atoms with E-state index >= 15 is 0 Å². The van der Waals surface area contributed by atoms with Crippen LogP contribution in [-0.4, -0.2) is 14.5 Å². The molecule has 0 aliphatic heterocycles. The van der Waals surface area contributed by atoms with Gasteiger partial charge in [0.2, 0.25) is 6.20 Å². The zero-order chi connectivity index (χ0) is 13.1. The molecule has 0 unspecified atom stereocenters. The molecule has 2 rings (SSSR count). The summed E-state index contributed by atoms with van der Waals surface area (Å²) in [6.45, 7) is 3.89. The van der Waals surface area contributed by atoms with Crippen molar-refractivity contribution in [2.45, 2.75) is 13.8 Å². The van der Waals surface area contributed by atoms with Gasteiger partial charge in [0, 0.05) is 29.2 Å². The third-order valence-electron chi connectivity index (χ3n) is 2.75. The first-order valence-corrected chi connectivity index (χ1v) is 5.50. The number of pyridine rings is 1. The van der Waals surface area contributed by atoms with E-state index in [9.17, 15) is 10.1 Å². The first-order chi connectivity index (χ1) is 8.59. The summed E-state index contributed by atoms with van der Waals surface area (Å²) < 4.78 is 2.02. The molecular weight excluding hydrogens is 230 g/mol. The van der Waals surface area contributed by atoms with E-state index in [1.807, 2.05) is 36.6 Å². The van der Waals surface area contributed by atoms with E-state index in [2.05, 4.69) is 4.98 Å². The molecule has 0 spiro atoms. The van der Waals surface area contributed by atoms with Gasteiger partial charge < -0.3 is 4.57 Å². The average Bonchev–Trinajstić information content (AvgIpc) is 2.63. The van der Waals surface area contributed by atoms with E-state index in [0.717, 1.165) is 28.8 Å². The van der Waals surface area contributed by atoms with Gasteiger partial charge in [-0.3, -0.25) is 15.1 Å². The van der Waals surface area contributed by atoms with Crippen molar-refractivity contribution in [3.63, 3.8) is 0 Å². The Hall–Kier alpha value is -2.43. The lowest BCUT2D eigenvalue weighted by atomic mass is 10.2. The molecule has 0 aliphatic rings. The summed E-state index contributed by atoms with van der Waals surface area (Å²) in [5.41, 5.74) is 3.77. The molecule has 0 N–H and O–H groups in total. The average molecular weight is 243 g/mol. The lowest BCUT2D eigenvalue weighted by molar-refractivity contribution is -0.400. The molecule has 0 fully saturated rings. The molecule has 0 aromatic carbocycles. The fourth-order valence-electron chi connectivity index (χ4n) is 1.98. The standard InChI is InChI=1S/C13H13N3O2/c1-10-8-12(5-7-15(17)18)11(2)16(10)13-4-3-6-14-9-13/h3-9H,1-2H3. The molecule has 92 valence electrons. The number of aryl methyl sites for hydroxylation is 1. The smallest absolute Gasteiger partial charge is 0.235 e. The first-order valence-electron chi connectivity index (χ1n) is 5.50. The quantitative estimate of drug-likeness (QED) is 0.615. The van der Waals surface area contributed by atoms with Gasteiger partial charge in [-0.05, 0) is 32.0 Å². The molecular formula is C13H13N3O2. The van der Waals surface area contributed by atoms with Gasteiger partial charge in [-0.1, -0.05) is 0 Å². The van der Waals surface area contributed by atoms with E-state index in [1.165, 1.54) is 6.08 Å². The van der Waals surface area contributed by atoms with E-state index in [-0.39, 0.29) is 0 Å². The van der Waals surface area contributed by atoms with Crippen LogP contribution in [0.15, 0.2) is 36.8 Å². The predicted octanol–water partition coefficient (Wildman–Crippen LogP) is 2.74. The molecule has 2 heterocycles. The summed E-state index contributed by atoms with van der Waals surface area (Å²) >= 11 is 0. The highest BCUT2D eigenvalue weighted by Gasteiger charge is 2.09. The van der Waals surface area contributed by atoms with Gasteiger partial charge in [-0.15, -0.1) is 0 Å².